The first kappa shape index (κ1) is 27.0. The zero-order valence-corrected chi connectivity index (χ0v) is 21.5. The Kier molecular flexibility index (Phi) is 8.72. The summed E-state index contributed by atoms with van der Waals surface area (Å²) in [5.41, 5.74) is -0.0886. The number of nitrogens with zero attached hydrogens (tertiary/aromatic N) is 1. The SMILES string of the molecule is CC(C)(C)[S@@+]([O-])NC(c1ccc(Br)cc1F)C(F)CC1C(=O)NC(=O)N(C2CCOCC2)C1=O. The molecule has 1 aromatic rings. The number of hydrogen-bond acceptors (Lipinski definition) is 6. The van der Waals surface area contributed by atoms with Crippen LogP contribution in [0.3, 0.4) is 0 Å². The molecule has 4 amide bonds. The second kappa shape index (κ2) is 11.0. The fourth-order valence-corrected chi connectivity index (χ4v) is 5.06. The number of imide groups is 2. The molecular formula is C22H28BrF2N3O5S. The monoisotopic (exact) mass is 563 g/mol. The van der Waals surface area contributed by atoms with Gasteiger partial charge in [0.1, 0.15) is 28.7 Å². The Morgan fingerprint density at radius 3 is 2.53 bits per heavy atom. The second-order valence-corrected chi connectivity index (χ2v) is 12.2. The van der Waals surface area contributed by atoms with Crippen molar-refractivity contribution in [3.63, 3.8) is 0 Å². The van der Waals surface area contributed by atoms with E-state index in [0.717, 1.165) is 11.0 Å². The Morgan fingerprint density at radius 2 is 1.94 bits per heavy atom. The van der Waals surface area contributed by atoms with Crippen LogP contribution >= 0.6 is 15.9 Å². The molecule has 12 heteroatoms. The van der Waals surface area contributed by atoms with Gasteiger partial charge in [0, 0.05) is 47.1 Å². The Bertz CT molecular complexity index is 942. The standard InChI is InChI=1S/C22H28BrF2N3O5S/c1-22(2,3)34(32)27-18(14-5-4-12(23)10-16(14)24)17(25)11-15-19(29)26-21(31)28(20(15)30)13-6-8-33-9-7-13/h4-5,10,13,15,17-18,27H,6-9,11H2,1-3H3,(H,26,29,31)/t15?,17?,18?,34-/m1/s1. The Morgan fingerprint density at radius 1 is 1.29 bits per heavy atom. The molecular weight excluding hydrogens is 536 g/mol. The number of hydrogen-bond donors (Lipinski definition) is 2. The van der Waals surface area contributed by atoms with Crippen molar-refractivity contribution in [2.45, 2.75) is 63.0 Å². The summed E-state index contributed by atoms with van der Waals surface area (Å²) in [5.74, 6) is -3.93. The van der Waals surface area contributed by atoms with Crippen LogP contribution in [-0.2, 0) is 25.7 Å². The minimum Gasteiger partial charge on any atom is -0.598 e. The van der Waals surface area contributed by atoms with Crippen molar-refractivity contribution in [3.8, 4) is 0 Å². The number of nitrogens with one attached hydrogen (secondary N) is 2. The summed E-state index contributed by atoms with van der Waals surface area (Å²) < 4.78 is 50.8. The number of ether oxygens (including phenoxy) is 1. The number of amides is 4. The molecule has 2 heterocycles. The van der Waals surface area contributed by atoms with E-state index in [2.05, 4.69) is 26.0 Å². The van der Waals surface area contributed by atoms with Crippen LogP contribution in [0.1, 0.15) is 51.6 Å². The van der Waals surface area contributed by atoms with Crippen molar-refractivity contribution in [3.05, 3.63) is 34.1 Å². The van der Waals surface area contributed by atoms with Crippen LogP contribution in [0, 0.1) is 11.7 Å². The number of carbonyl (C=O) groups excluding carboxylic acids is 3. The third-order valence-corrected chi connectivity index (χ3v) is 7.84. The number of carbonyl (C=O) groups is 3. The van der Waals surface area contributed by atoms with E-state index in [-0.39, 0.29) is 5.56 Å². The molecule has 0 aromatic heterocycles. The molecule has 0 bridgehead atoms. The molecule has 2 aliphatic rings. The molecule has 0 radical (unpaired) electrons. The van der Waals surface area contributed by atoms with Gasteiger partial charge in [-0.1, -0.05) is 22.0 Å². The predicted octanol–water partition coefficient (Wildman–Crippen LogP) is 3.28. The fourth-order valence-electron chi connectivity index (χ4n) is 3.87. The van der Waals surface area contributed by atoms with Gasteiger partial charge >= 0.3 is 6.03 Å². The van der Waals surface area contributed by atoms with Crippen LogP contribution in [-0.4, -0.2) is 57.5 Å². The molecule has 0 aliphatic carbocycles. The predicted molar refractivity (Wildman–Crippen MR) is 125 cm³/mol. The molecule has 0 saturated carbocycles. The lowest BCUT2D eigenvalue weighted by Crippen LogP contribution is -2.62. The summed E-state index contributed by atoms with van der Waals surface area (Å²) in [6, 6.07) is 1.33. The largest absolute Gasteiger partial charge is 0.598 e. The molecule has 2 fully saturated rings. The molecule has 4 atom stereocenters. The summed E-state index contributed by atoms with van der Waals surface area (Å²) in [6.45, 7) is 5.74. The molecule has 0 spiro atoms. The zero-order chi connectivity index (χ0) is 25.2. The highest BCUT2D eigenvalue weighted by molar-refractivity contribution is 9.10. The highest BCUT2D eigenvalue weighted by Crippen LogP contribution is 2.32. The van der Waals surface area contributed by atoms with Crippen LogP contribution in [0.5, 0.6) is 0 Å². The number of urea groups is 1. The van der Waals surface area contributed by atoms with Crippen LogP contribution in [0.4, 0.5) is 13.6 Å². The first-order valence-electron chi connectivity index (χ1n) is 10.9. The lowest BCUT2D eigenvalue weighted by atomic mass is 9.91. The van der Waals surface area contributed by atoms with Gasteiger partial charge in [-0.05, 0) is 45.7 Å². The third kappa shape index (κ3) is 6.14. The summed E-state index contributed by atoms with van der Waals surface area (Å²) in [7, 11) is 0. The molecule has 3 unspecified atom stereocenters. The average Bonchev–Trinajstić information content (AvgIpc) is 2.75. The van der Waals surface area contributed by atoms with Gasteiger partial charge in [0.05, 0.1) is 0 Å². The molecule has 2 aliphatic heterocycles. The van der Waals surface area contributed by atoms with Gasteiger partial charge < -0.3 is 9.29 Å². The van der Waals surface area contributed by atoms with Gasteiger partial charge in [-0.3, -0.25) is 19.8 Å². The smallest absolute Gasteiger partial charge is 0.331 e. The highest BCUT2D eigenvalue weighted by atomic mass is 79.9. The van der Waals surface area contributed by atoms with E-state index >= 15 is 4.39 Å². The van der Waals surface area contributed by atoms with Gasteiger partial charge in [0.25, 0.3) is 0 Å². The molecule has 188 valence electrons. The van der Waals surface area contributed by atoms with Gasteiger partial charge in [-0.15, -0.1) is 4.72 Å². The lowest BCUT2D eigenvalue weighted by molar-refractivity contribution is -0.146. The first-order chi connectivity index (χ1) is 15.9. The minimum atomic E-state index is -1.97. The van der Waals surface area contributed by atoms with Gasteiger partial charge in [0.2, 0.25) is 11.8 Å². The van der Waals surface area contributed by atoms with Crippen molar-refractivity contribution in [2.75, 3.05) is 13.2 Å². The van der Waals surface area contributed by atoms with Crippen LogP contribution < -0.4 is 10.0 Å². The maximum atomic E-state index is 15.7. The molecule has 8 nitrogen and oxygen atoms in total. The van der Waals surface area contributed by atoms with E-state index in [1.807, 2.05) is 0 Å². The van der Waals surface area contributed by atoms with Gasteiger partial charge in [0.15, 0.2) is 0 Å². The van der Waals surface area contributed by atoms with E-state index < -0.39 is 70.4 Å². The van der Waals surface area contributed by atoms with Crippen molar-refractivity contribution in [1.82, 2.24) is 14.9 Å². The van der Waals surface area contributed by atoms with Crippen LogP contribution in [0.25, 0.3) is 0 Å². The minimum absolute atomic E-state index is 0.0886. The molecule has 3 rings (SSSR count). The van der Waals surface area contributed by atoms with Crippen molar-refractivity contribution < 1.29 is 32.5 Å². The lowest BCUT2D eigenvalue weighted by Gasteiger charge is -2.38. The quantitative estimate of drug-likeness (QED) is 0.389. The van der Waals surface area contributed by atoms with E-state index in [9.17, 15) is 23.3 Å². The van der Waals surface area contributed by atoms with Crippen LogP contribution in [0.2, 0.25) is 0 Å². The Labute approximate surface area is 208 Å². The maximum Gasteiger partial charge on any atom is 0.331 e. The third-order valence-electron chi connectivity index (χ3n) is 5.77. The van der Waals surface area contributed by atoms with E-state index in [4.69, 9.17) is 4.74 Å². The first-order valence-corrected chi connectivity index (χ1v) is 12.9. The summed E-state index contributed by atoms with van der Waals surface area (Å²) >= 11 is 1.38. The normalized spacial score (nSPS) is 23.0. The fraction of sp³-hybridized carbons (Fsp3) is 0.591. The summed E-state index contributed by atoms with van der Waals surface area (Å²) in [4.78, 5) is 38.9. The number of halogens is 3. The Balaban J connectivity index is 1.86. The number of alkyl halides is 1. The van der Waals surface area contributed by atoms with E-state index in [0.29, 0.717) is 30.5 Å². The van der Waals surface area contributed by atoms with Gasteiger partial charge in [-0.2, -0.15) is 0 Å². The highest BCUT2D eigenvalue weighted by Gasteiger charge is 2.46. The average molecular weight is 564 g/mol. The summed E-state index contributed by atoms with van der Waals surface area (Å²) in [6.07, 6.45) is -1.76. The van der Waals surface area contributed by atoms with E-state index in [1.54, 1.807) is 20.8 Å². The molecule has 2 N–H and O–H groups in total. The number of barbiturate groups is 1. The van der Waals surface area contributed by atoms with E-state index in [1.165, 1.54) is 12.1 Å². The maximum absolute atomic E-state index is 15.7. The molecule has 2 saturated heterocycles. The number of benzene rings is 1. The second-order valence-electron chi connectivity index (χ2n) is 9.29. The summed E-state index contributed by atoms with van der Waals surface area (Å²) in [5, 5.41) is 2.13. The topological polar surface area (TPSA) is 111 Å². The number of rotatable bonds is 7. The van der Waals surface area contributed by atoms with Crippen molar-refractivity contribution in [2.24, 2.45) is 5.92 Å². The molecule has 1 aromatic carbocycles. The van der Waals surface area contributed by atoms with Gasteiger partial charge in [-0.25, -0.2) is 13.6 Å². The van der Waals surface area contributed by atoms with Crippen LogP contribution in [0.15, 0.2) is 22.7 Å². The van der Waals surface area contributed by atoms with Crippen molar-refractivity contribution >= 4 is 45.1 Å². The Hall–Kier alpha value is -1.60. The van der Waals surface area contributed by atoms with Crippen molar-refractivity contribution in [1.29, 1.82) is 0 Å². The molecule has 34 heavy (non-hydrogen) atoms. The zero-order valence-electron chi connectivity index (χ0n) is 19.1.